The molecule has 0 aliphatic heterocycles. The maximum absolute atomic E-state index is 10.8. The molecule has 0 radical (unpaired) electrons. The number of aliphatic carboxylic acids is 1. The van der Waals surface area contributed by atoms with Gasteiger partial charge in [-0.2, -0.15) is 11.8 Å². The summed E-state index contributed by atoms with van der Waals surface area (Å²) in [6.45, 7) is 3.91. The Bertz CT molecular complexity index is 346. The predicted molar refractivity (Wildman–Crippen MR) is 73.6 cm³/mol. The minimum Gasteiger partial charge on any atom is -0.481 e. The van der Waals surface area contributed by atoms with Crippen LogP contribution in [0.3, 0.4) is 0 Å². The number of rotatable bonds is 7. The minimum atomic E-state index is -0.768. The first kappa shape index (κ1) is 14.1. The highest BCUT2D eigenvalue weighted by atomic mass is 32.2. The number of benzene rings is 1. The molecule has 2 nitrogen and oxygen atoms in total. The molecule has 1 aromatic rings. The lowest BCUT2D eigenvalue weighted by molar-refractivity contribution is -0.138. The number of hydrogen-bond acceptors (Lipinski definition) is 2. The molecule has 0 aromatic heterocycles. The molecule has 0 heterocycles. The molecule has 1 aromatic carbocycles. The summed E-state index contributed by atoms with van der Waals surface area (Å²) in [4.78, 5) is 10.8. The van der Waals surface area contributed by atoms with Gasteiger partial charge in [-0.05, 0) is 30.2 Å². The second kappa shape index (κ2) is 7.38. The monoisotopic (exact) mass is 252 g/mol. The predicted octanol–water partition coefficient (Wildman–Crippen LogP) is 3.91. The van der Waals surface area contributed by atoms with Gasteiger partial charge in [-0.25, -0.2) is 0 Å². The molecule has 0 saturated heterocycles. The molecule has 3 heteroatoms. The van der Waals surface area contributed by atoms with Crippen molar-refractivity contribution < 1.29 is 9.90 Å². The van der Waals surface area contributed by atoms with Crippen molar-refractivity contribution in [1.29, 1.82) is 0 Å². The van der Waals surface area contributed by atoms with Gasteiger partial charge in [-0.15, -0.1) is 0 Å². The smallest absolute Gasteiger partial charge is 0.310 e. The van der Waals surface area contributed by atoms with E-state index >= 15 is 0 Å². The number of hydrogen-bond donors (Lipinski definition) is 1. The summed E-state index contributed by atoms with van der Waals surface area (Å²) in [7, 11) is 0. The Kier molecular flexibility index (Phi) is 6.12. The summed E-state index contributed by atoms with van der Waals surface area (Å²) in [5.74, 6) is 1.03. The zero-order valence-electron chi connectivity index (χ0n) is 10.5. The summed E-state index contributed by atoms with van der Waals surface area (Å²) < 4.78 is 0. The number of carboxylic acids is 1. The zero-order valence-corrected chi connectivity index (χ0v) is 11.3. The molecular formula is C14H20O2S. The van der Waals surface area contributed by atoms with Crippen LogP contribution in [0.5, 0.6) is 0 Å². The topological polar surface area (TPSA) is 37.3 Å². The van der Waals surface area contributed by atoms with Crippen molar-refractivity contribution in [2.24, 2.45) is 0 Å². The van der Waals surface area contributed by atoms with Crippen molar-refractivity contribution in [2.75, 3.05) is 5.75 Å². The van der Waals surface area contributed by atoms with Crippen molar-refractivity contribution in [3.8, 4) is 0 Å². The number of carboxylic acid groups (broad SMARTS) is 1. The van der Waals surface area contributed by atoms with E-state index in [1.807, 2.05) is 36.0 Å². The largest absolute Gasteiger partial charge is 0.481 e. The van der Waals surface area contributed by atoms with Gasteiger partial charge in [-0.3, -0.25) is 4.79 Å². The van der Waals surface area contributed by atoms with Gasteiger partial charge in [0.1, 0.15) is 0 Å². The SMILES string of the molecule is CCCCSCc1ccc(C(C)C(=O)O)cc1. The van der Waals surface area contributed by atoms with E-state index in [1.54, 1.807) is 6.92 Å². The fourth-order valence-corrected chi connectivity index (χ4v) is 2.55. The molecule has 0 fully saturated rings. The molecule has 94 valence electrons. The molecule has 17 heavy (non-hydrogen) atoms. The molecule has 1 rings (SSSR count). The van der Waals surface area contributed by atoms with Crippen molar-refractivity contribution in [1.82, 2.24) is 0 Å². The lowest BCUT2D eigenvalue weighted by atomic mass is 10.0. The summed E-state index contributed by atoms with van der Waals surface area (Å²) in [6, 6.07) is 7.92. The van der Waals surface area contributed by atoms with E-state index in [4.69, 9.17) is 5.11 Å². The van der Waals surface area contributed by atoms with Gasteiger partial charge in [0.25, 0.3) is 0 Å². The Morgan fingerprint density at radius 3 is 2.53 bits per heavy atom. The van der Waals surface area contributed by atoms with E-state index in [0.29, 0.717) is 0 Å². The van der Waals surface area contributed by atoms with Crippen LogP contribution in [0.4, 0.5) is 0 Å². The molecular weight excluding hydrogens is 232 g/mol. The third kappa shape index (κ3) is 4.82. The molecule has 0 aliphatic carbocycles. The van der Waals surface area contributed by atoms with E-state index < -0.39 is 11.9 Å². The van der Waals surface area contributed by atoms with Crippen LogP contribution in [0.2, 0.25) is 0 Å². The van der Waals surface area contributed by atoms with Crippen molar-refractivity contribution in [3.63, 3.8) is 0 Å². The van der Waals surface area contributed by atoms with Crippen LogP contribution in [-0.4, -0.2) is 16.8 Å². The lowest BCUT2D eigenvalue weighted by Gasteiger charge is -2.07. The van der Waals surface area contributed by atoms with Crippen molar-refractivity contribution in [2.45, 2.75) is 38.4 Å². The summed E-state index contributed by atoms with van der Waals surface area (Å²) in [6.07, 6.45) is 2.50. The highest BCUT2D eigenvalue weighted by Crippen LogP contribution is 2.19. The maximum atomic E-state index is 10.8. The zero-order chi connectivity index (χ0) is 12.7. The molecule has 0 spiro atoms. The molecule has 0 aliphatic rings. The number of unbranched alkanes of at least 4 members (excludes halogenated alkanes) is 1. The molecule has 0 amide bonds. The van der Waals surface area contributed by atoms with Crippen molar-refractivity contribution in [3.05, 3.63) is 35.4 Å². The summed E-state index contributed by atoms with van der Waals surface area (Å²) in [5.41, 5.74) is 2.15. The quantitative estimate of drug-likeness (QED) is 0.748. The molecule has 0 saturated carbocycles. The average molecular weight is 252 g/mol. The van der Waals surface area contributed by atoms with Crippen LogP contribution in [0.1, 0.15) is 43.7 Å². The minimum absolute atomic E-state index is 0.420. The average Bonchev–Trinajstić information content (AvgIpc) is 2.34. The number of carbonyl (C=O) groups is 1. The fraction of sp³-hybridized carbons (Fsp3) is 0.500. The maximum Gasteiger partial charge on any atom is 0.310 e. The lowest BCUT2D eigenvalue weighted by Crippen LogP contribution is -2.07. The molecule has 0 bridgehead atoms. The molecule has 1 N–H and O–H groups in total. The van der Waals surface area contributed by atoms with E-state index in [-0.39, 0.29) is 0 Å². The summed E-state index contributed by atoms with van der Waals surface area (Å²) >= 11 is 1.94. The Labute approximate surface area is 107 Å². The van der Waals surface area contributed by atoms with Crippen LogP contribution in [0, 0.1) is 0 Å². The van der Waals surface area contributed by atoms with Gasteiger partial charge in [0.05, 0.1) is 5.92 Å². The third-order valence-electron chi connectivity index (χ3n) is 2.76. The summed E-state index contributed by atoms with van der Waals surface area (Å²) in [5, 5.41) is 8.90. The van der Waals surface area contributed by atoms with Crippen LogP contribution < -0.4 is 0 Å². The number of thioether (sulfide) groups is 1. The highest BCUT2D eigenvalue weighted by Gasteiger charge is 2.12. The van der Waals surface area contributed by atoms with Gasteiger partial charge in [0.15, 0.2) is 0 Å². The fourth-order valence-electron chi connectivity index (χ4n) is 1.48. The van der Waals surface area contributed by atoms with E-state index in [2.05, 4.69) is 6.92 Å². The van der Waals surface area contributed by atoms with Gasteiger partial charge in [-0.1, -0.05) is 37.6 Å². The van der Waals surface area contributed by atoms with Gasteiger partial charge < -0.3 is 5.11 Å². The van der Waals surface area contributed by atoms with Crippen LogP contribution in [0.25, 0.3) is 0 Å². The van der Waals surface area contributed by atoms with Gasteiger partial charge >= 0.3 is 5.97 Å². The van der Waals surface area contributed by atoms with Gasteiger partial charge in [0.2, 0.25) is 0 Å². The Morgan fingerprint density at radius 1 is 1.35 bits per heavy atom. The normalized spacial score (nSPS) is 12.4. The second-order valence-corrected chi connectivity index (χ2v) is 5.31. The first-order valence-corrected chi connectivity index (χ1v) is 7.20. The van der Waals surface area contributed by atoms with Gasteiger partial charge in [0, 0.05) is 5.75 Å². The Balaban J connectivity index is 2.47. The second-order valence-electron chi connectivity index (χ2n) is 4.21. The van der Waals surface area contributed by atoms with E-state index in [1.165, 1.54) is 24.2 Å². The third-order valence-corrected chi connectivity index (χ3v) is 3.88. The molecule has 1 unspecified atom stereocenters. The Morgan fingerprint density at radius 2 is 2.00 bits per heavy atom. The van der Waals surface area contributed by atoms with Crippen LogP contribution >= 0.6 is 11.8 Å². The van der Waals surface area contributed by atoms with Crippen LogP contribution in [0.15, 0.2) is 24.3 Å². The highest BCUT2D eigenvalue weighted by molar-refractivity contribution is 7.98. The standard InChI is InChI=1S/C14H20O2S/c1-3-4-9-17-10-12-5-7-13(8-6-12)11(2)14(15)16/h5-8,11H,3-4,9-10H2,1-2H3,(H,15,16). The Hall–Kier alpha value is -0.960. The van der Waals surface area contributed by atoms with E-state index in [0.717, 1.165) is 11.3 Å². The van der Waals surface area contributed by atoms with Crippen molar-refractivity contribution >= 4 is 17.7 Å². The van der Waals surface area contributed by atoms with E-state index in [9.17, 15) is 4.79 Å². The first-order chi connectivity index (χ1) is 8.15. The molecule has 1 atom stereocenters. The van der Waals surface area contributed by atoms with Crippen LogP contribution in [-0.2, 0) is 10.5 Å². The first-order valence-electron chi connectivity index (χ1n) is 6.04.